The Morgan fingerprint density at radius 2 is 2.21 bits per heavy atom. The number of rotatable bonds is 4. The second kappa shape index (κ2) is 5.12. The molecule has 3 N–H and O–H groups in total. The number of hydrogen-bond acceptors (Lipinski definition) is 5. The standard InChI is InChI=1S/C10H9N5O4/c16-8-2-1-7(13-14-8)10(19)12-6-3-11-15(4-6)5-9(17)18/h1-4H,5H2,(H,12,19)(H,14,16)(H,17,18). The Hall–Kier alpha value is -2.97. The number of nitrogens with one attached hydrogen (secondary N) is 2. The van der Waals surface area contributed by atoms with Crippen LogP contribution >= 0.6 is 0 Å². The Labute approximate surface area is 105 Å². The van der Waals surface area contributed by atoms with E-state index in [-0.39, 0.29) is 12.2 Å². The third-order valence-electron chi connectivity index (χ3n) is 2.10. The Bertz CT molecular complexity index is 654. The number of carbonyl (C=O) groups excluding carboxylic acids is 1. The molecule has 0 saturated heterocycles. The van der Waals surface area contributed by atoms with Gasteiger partial charge >= 0.3 is 5.97 Å². The van der Waals surface area contributed by atoms with Crippen LogP contribution in [0.4, 0.5) is 5.69 Å². The van der Waals surface area contributed by atoms with Crippen LogP contribution in [-0.2, 0) is 11.3 Å². The maximum absolute atomic E-state index is 11.7. The molecule has 0 saturated carbocycles. The van der Waals surface area contributed by atoms with Crippen LogP contribution < -0.4 is 10.9 Å². The number of aromatic amines is 1. The van der Waals surface area contributed by atoms with Crippen molar-refractivity contribution >= 4 is 17.6 Å². The number of hydrogen-bond donors (Lipinski definition) is 3. The van der Waals surface area contributed by atoms with Crippen molar-refractivity contribution in [2.45, 2.75) is 6.54 Å². The Morgan fingerprint density at radius 1 is 1.42 bits per heavy atom. The first kappa shape index (κ1) is 12.5. The number of carbonyl (C=O) groups is 2. The zero-order chi connectivity index (χ0) is 13.8. The average molecular weight is 263 g/mol. The zero-order valence-electron chi connectivity index (χ0n) is 9.53. The van der Waals surface area contributed by atoms with Crippen LogP contribution in [0.3, 0.4) is 0 Å². The summed E-state index contributed by atoms with van der Waals surface area (Å²) >= 11 is 0. The minimum absolute atomic E-state index is 0.0329. The molecular formula is C10H9N5O4. The first-order chi connectivity index (χ1) is 9.04. The molecule has 9 heteroatoms. The lowest BCUT2D eigenvalue weighted by Gasteiger charge is -2.00. The molecular weight excluding hydrogens is 254 g/mol. The molecule has 2 heterocycles. The molecule has 0 radical (unpaired) electrons. The second-order valence-electron chi connectivity index (χ2n) is 3.58. The van der Waals surface area contributed by atoms with Crippen LogP contribution in [-0.4, -0.2) is 37.0 Å². The van der Waals surface area contributed by atoms with Gasteiger partial charge in [-0.2, -0.15) is 10.2 Å². The van der Waals surface area contributed by atoms with E-state index in [1.165, 1.54) is 24.5 Å². The molecule has 98 valence electrons. The molecule has 2 aromatic heterocycles. The number of aliphatic carboxylic acids is 1. The predicted molar refractivity (Wildman–Crippen MR) is 62.7 cm³/mol. The molecule has 0 unspecified atom stereocenters. The highest BCUT2D eigenvalue weighted by Gasteiger charge is 2.09. The lowest BCUT2D eigenvalue weighted by atomic mass is 10.3. The first-order valence-electron chi connectivity index (χ1n) is 5.16. The van der Waals surface area contributed by atoms with Crippen LogP contribution in [0.25, 0.3) is 0 Å². The average Bonchev–Trinajstić information content (AvgIpc) is 2.76. The summed E-state index contributed by atoms with van der Waals surface area (Å²) in [6.45, 7) is -0.299. The number of carboxylic acid groups (broad SMARTS) is 1. The lowest BCUT2D eigenvalue weighted by molar-refractivity contribution is -0.137. The first-order valence-corrected chi connectivity index (χ1v) is 5.16. The van der Waals surface area contributed by atoms with Crippen LogP contribution in [0.1, 0.15) is 10.5 Å². The van der Waals surface area contributed by atoms with E-state index in [1.54, 1.807) is 0 Å². The van der Waals surface area contributed by atoms with Gasteiger partial charge in [0.1, 0.15) is 12.2 Å². The van der Waals surface area contributed by atoms with Gasteiger partial charge in [-0.15, -0.1) is 0 Å². The van der Waals surface area contributed by atoms with Gasteiger partial charge < -0.3 is 10.4 Å². The molecule has 0 aliphatic carbocycles. The van der Waals surface area contributed by atoms with Crippen LogP contribution in [0.5, 0.6) is 0 Å². The highest BCUT2D eigenvalue weighted by atomic mass is 16.4. The second-order valence-corrected chi connectivity index (χ2v) is 3.58. The lowest BCUT2D eigenvalue weighted by Crippen LogP contribution is -2.17. The molecule has 0 fully saturated rings. The number of H-pyrrole nitrogens is 1. The molecule has 0 atom stereocenters. The highest BCUT2D eigenvalue weighted by Crippen LogP contribution is 2.06. The third kappa shape index (κ3) is 3.25. The van der Waals surface area contributed by atoms with Crippen molar-refractivity contribution in [1.29, 1.82) is 0 Å². The molecule has 0 bridgehead atoms. The van der Waals surface area contributed by atoms with Crippen LogP contribution in [0.2, 0.25) is 0 Å². The molecule has 2 aromatic rings. The topological polar surface area (TPSA) is 130 Å². The van der Waals surface area contributed by atoms with Crippen molar-refractivity contribution in [1.82, 2.24) is 20.0 Å². The summed E-state index contributed by atoms with van der Waals surface area (Å²) < 4.78 is 1.16. The number of anilines is 1. The summed E-state index contributed by atoms with van der Waals surface area (Å²) in [5, 5.41) is 20.5. The Morgan fingerprint density at radius 3 is 2.84 bits per heavy atom. The summed E-state index contributed by atoms with van der Waals surface area (Å²) in [4.78, 5) is 33.0. The van der Waals surface area contributed by atoms with E-state index in [4.69, 9.17) is 5.11 Å². The summed E-state index contributed by atoms with van der Waals surface area (Å²) in [5.41, 5.74) is -0.0457. The molecule has 1 amide bonds. The normalized spacial score (nSPS) is 10.1. The fraction of sp³-hybridized carbons (Fsp3) is 0.100. The monoisotopic (exact) mass is 263 g/mol. The fourth-order valence-electron chi connectivity index (χ4n) is 1.32. The van der Waals surface area contributed by atoms with Gasteiger partial charge in [0.2, 0.25) is 0 Å². The molecule has 9 nitrogen and oxygen atoms in total. The minimum atomic E-state index is -1.04. The van der Waals surface area contributed by atoms with Gasteiger partial charge in [0, 0.05) is 12.3 Å². The summed E-state index contributed by atoms with van der Waals surface area (Å²) in [6.07, 6.45) is 2.68. The SMILES string of the molecule is O=C(O)Cn1cc(NC(=O)c2ccc(=O)[nH]n2)cn1. The van der Waals surface area contributed by atoms with E-state index in [1.807, 2.05) is 0 Å². The van der Waals surface area contributed by atoms with E-state index >= 15 is 0 Å². The summed E-state index contributed by atoms with van der Waals surface area (Å²) in [5.74, 6) is -1.57. The van der Waals surface area contributed by atoms with Gasteiger partial charge in [0.25, 0.3) is 11.5 Å². The molecule has 0 spiro atoms. The van der Waals surface area contributed by atoms with Crippen molar-refractivity contribution in [3.63, 3.8) is 0 Å². The van der Waals surface area contributed by atoms with E-state index in [2.05, 4.69) is 20.6 Å². The molecule has 19 heavy (non-hydrogen) atoms. The largest absolute Gasteiger partial charge is 0.480 e. The van der Waals surface area contributed by atoms with Crippen molar-refractivity contribution < 1.29 is 14.7 Å². The molecule has 0 aliphatic rings. The van der Waals surface area contributed by atoms with Gasteiger partial charge in [0.15, 0.2) is 0 Å². The van der Waals surface area contributed by atoms with E-state index in [0.717, 1.165) is 4.68 Å². The fourth-order valence-corrected chi connectivity index (χ4v) is 1.32. The zero-order valence-corrected chi connectivity index (χ0v) is 9.53. The van der Waals surface area contributed by atoms with Crippen LogP contribution in [0.15, 0.2) is 29.3 Å². The highest BCUT2D eigenvalue weighted by molar-refractivity contribution is 6.02. The number of amides is 1. The quantitative estimate of drug-likeness (QED) is 0.668. The number of aromatic nitrogens is 4. The number of carboxylic acids is 1. The molecule has 0 aliphatic heterocycles. The maximum atomic E-state index is 11.7. The van der Waals surface area contributed by atoms with Gasteiger partial charge in [0.05, 0.1) is 11.9 Å². The summed E-state index contributed by atoms with van der Waals surface area (Å²) in [6, 6.07) is 2.45. The van der Waals surface area contributed by atoms with Gasteiger partial charge in [-0.05, 0) is 6.07 Å². The van der Waals surface area contributed by atoms with Crippen molar-refractivity contribution in [3.05, 3.63) is 40.6 Å². The maximum Gasteiger partial charge on any atom is 0.325 e. The Kier molecular flexibility index (Phi) is 3.37. The van der Waals surface area contributed by atoms with Crippen molar-refractivity contribution in [2.24, 2.45) is 0 Å². The van der Waals surface area contributed by atoms with E-state index in [0.29, 0.717) is 5.69 Å². The van der Waals surface area contributed by atoms with Gasteiger partial charge in [-0.3, -0.25) is 19.1 Å². The number of nitrogens with zero attached hydrogens (tertiary/aromatic N) is 3. The van der Waals surface area contributed by atoms with Crippen molar-refractivity contribution in [3.8, 4) is 0 Å². The van der Waals surface area contributed by atoms with Gasteiger partial charge in [-0.25, -0.2) is 5.10 Å². The summed E-state index contributed by atoms with van der Waals surface area (Å²) in [7, 11) is 0. The molecule has 0 aromatic carbocycles. The molecule has 2 rings (SSSR count). The third-order valence-corrected chi connectivity index (χ3v) is 2.10. The van der Waals surface area contributed by atoms with E-state index in [9.17, 15) is 14.4 Å². The van der Waals surface area contributed by atoms with Gasteiger partial charge in [-0.1, -0.05) is 0 Å². The minimum Gasteiger partial charge on any atom is -0.480 e. The van der Waals surface area contributed by atoms with Crippen LogP contribution in [0, 0.1) is 0 Å². The Balaban J connectivity index is 2.06. The van der Waals surface area contributed by atoms with Crippen molar-refractivity contribution in [2.75, 3.05) is 5.32 Å². The predicted octanol–water partition coefficient (Wildman–Crippen LogP) is -0.697. The van der Waals surface area contributed by atoms with E-state index < -0.39 is 17.4 Å². The smallest absolute Gasteiger partial charge is 0.325 e.